The van der Waals surface area contributed by atoms with E-state index in [1.54, 1.807) is 0 Å². The van der Waals surface area contributed by atoms with Crippen LogP contribution in [-0.2, 0) is 6.42 Å². The van der Waals surface area contributed by atoms with Gasteiger partial charge in [-0.25, -0.2) is 0 Å². The highest BCUT2D eigenvalue weighted by atomic mass is 16.3. The average molecular weight is 175 g/mol. The lowest BCUT2D eigenvalue weighted by Gasteiger charge is -2.20. The Kier molecular flexibility index (Phi) is 2.13. The van der Waals surface area contributed by atoms with E-state index in [-0.39, 0.29) is 6.04 Å². The standard InChI is InChI=1S/C11H13NO/c1-8-5-6-9-3-2-4-11(12-13)10(9)7-8/h5-7,11H,2-4H2,1H3. The first-order valence-corrected chi connectivity index (χ1v) is 4.73. The molecule has 1 unspecified atom stereocenters. The van der Waals surface area contributed by atoms with Gasteiger partial charge in [0, 0.05) is 0 Å². The van der Waals surface area contributed by atoms with Gasteiger partial charge in [0.1, 0.15) is 6.04 Å². The normalized spacial score (nSPS) is 20.8. The van der Waals surface area contributed by atoms with Crippen molar-refractivity contribution in [3.8, 4) is 0 Å². The zero-order valence-electron chi connectivity index (χ0n) is 7.79. The fraction of sp³-hybridized carbons (Fsp3) is 0.455. The smallest absolute Gasteiger partial charge is 0.117 e. The van der Waals surface area contributed by atoms with Crippen LogP contribution in [0.25, 0.3) is 0 Å². The van der Waals surface area contributed by atoms with E-state index in [1.807, 2.05) is 0 Å². The van der Waals surface area contributed by atoms with Crippen LogP contribution in [0.15, 0.2) is 23.4 Å². The van der Waals surface area contributed by atoms with Crippen LogP contribution in [0.1, 0.15) is 35.6 Å². The maximum absolute atomic E-state index is 10.6. The van der Waals surface area contributed by atoms with Gasteiger partial charge in [-0.05, 0) is 37.3 Å². The molecule has 2 nitrogen and oxygen atoms in total. The molecule has 1 atom stereocenters. The molecule has 0 aromatic heterocycles. The van der Waals surface area contributed by atoms with Crippen LogP contribution >= 0.6 is 0 Å². The molecule has 0 saturated carbocycles. The number of hydrogen-bond donors (Lipinski definition) is 0. The van der Waals surface area contributed by atoms with Crippen LogP contribution in [-0.4, -0.2) is 0 Å². The summed E-state index contributed by atoms with van der Waals surface area (Å²) in [6.07, 6.45) is 3.11. The topological polar surface area (TPSA) is 29.4 Å². The largest absolute Gasteiger partial charge is 0.150 e. The highest BCUT2D eigenvalue weighted by molar-refractivity contribution is 5.35. The Bertz CT molecular complexity index is 333. The summed E-state index contributed by atoms with van der Waals surface area (Å²) in [6.45, 7) is 2.05. The summed E-state index contributed by atoms with van der Waals surface area (Å²) in [5.41, 5.74) is 3.68. The molecule has 1 aliphatic rings. The van der Waals surface area contributed by atoms with Crippen LogP contribution in [0.4, 0.5) is 0 Å². The predicted octanol–water partition coefficient (Wildman–Crippen LogP) is 3.14. The Morgan fingerprint density at radius 1 is 1.46 bits per heavy atom. The molecule has 13 heavy (non-hydrogen) atoms. The number of hydrogen-bond acceptors (Lipinski definition) is 2. The lowest BCUT2D eigenvalue weighted by molar-refractivity contribution is 0.569. The van der Waals surface area contributed by atoms with Crippen molar-refractivity contribution in [1.29, 1.82) is 0 Å². The SMILES string of the molecule is Cc1ccc2c(c1)C(N=O)CCC2. The fourth-order valence-corrected chi connectivity index (χ4v) is 2.00. The summed E-state index contributed by atoms with van der Waals surface area (Å²) in [7, 11) is 0. The monoisotopic (exact) mass is 175 g/mol. The molecule has 68 valence electrons. The molecule has 0 fully saturated rings. The van der Waals surface area contributed by atoms with E-state index in [0.29, 0.717) is 0 Å². The predicted molar refractivity (Wildman–Crippen MR) is 52.7 cm³/mol. The van der Waals surface area contributed by atoms with Crippen LogP contribution in [0.5, 0.6) is 0 Å². The number of fused-ring (bicyclic) bond motifs is 1. The third-order valence-electron chi connectivity index (χ3n) is 2.71. The molecule has 2 rings (SSSR count). The van der Waals surface area contributed by atoms with Gasteiger partial charge in [0.15, 0.2) is 0 Å². The summed E-state index contributed by atoms with van der Waals surface area (Å²) in [5.74, 6) is 0. The molecule has 0 N–H and O–H groups in total. The van der Waals surface area contributed by atoms with Crippen LogP contribution in [0, 0.1) is 11.8 Å². The summed E-state index contributed by atoms with van der Waals surface area (Å²) in [5, 5.41) is 3.18. The zero-order chi connectivity index (χ0) is 9.26. The van der Waals surface area contributed by atoms with Crippen LogP contribution in [0.3, 0.4) is 0 Å². The van der Waals surface area contributed by atoms with Crippen molar-refractivity contribution in [2.75, 3.05) is 0 Å². The minimum atomic E-state index is -0.0938. The molecule has 0 aliphatic heterocycles. The van der Waals surface area contributed by atoms with E-state index >= 15 is 0 Å². The van der Waals surface area contributed by atoms with Gasteiger partial charge in [-0.2, -0.15) is 4.91 Å². The van der Waals surface area contributed by atoms with Crippen molar-refractivity contribution in [3.63, 3.8) is 0 Å². The van der Waals surface area contributed by atoms with Crippen molar-refractivity contribution < 1.29 is 0 Å². The molecule has 0 bridgehead atoms. The highest BCUT2D eigenvalue weighted by Gasteiger charge is 2.20. The number of aryl methyl sites for hydroxylation is 2. The van der Waals surface area contributed by atoms with Gasteiger partial charge in [0.25, 0.3) is 0 Å². The van der Waals surface area contributed by atoms with Gasteiger partial charge in [-0.15, -0.1) is 0 Å². The quantitative estimate of drug-likeness (QED) is 0.603. The summed E-state index contributed by atoms with van der Waals surface area (Å²) in [4.78, 5) is 10.6. The van der Waals surface area contributed by atoms with Crippen LogP contribution < -0.4 is 0 Å². The Labute approximate surface area is 77.9 Å². The van der Waals surface area contributed by atoms with E-state index in [0.717, 1.165) is 24.8 Å². The molecule has 0 amide bonds. The minimum Gasteiger partial charge on any atom is -0.150 e. The van der Waals surface area contributed by atoms with Crippen molar-refractivity contribution in [1.82, 2.24) is 0 Å². The molecule has 0 saturated heterocycles. The van der Waals surface area contributed by atoms with Gasteiger partial charge in [-0.3, -0.25) is 0 Å². The van der Waals surface area contributed by atoms with E-state index in [4.69, 9.17) is 0 Å². The van der Waals surface area contributed by atoms with Crippen molar-refractivity contribution in [2.24, 2.45) is 5.18 Å². The van der Waals surface area contributed by atoms with Gasteiger partial charge in [0.2, 0.25) is 0 Å². The summed E-state index contributed by atoms with van der Waals surface area (Å²) in [6, 6.07) is 6.23. The second-order valence-corrected chi connectivity index (χ2v) is 3.72. The number of nitroso groups, excluding NO2 is 1. The average Bonchev–Trinajstić information content (AvgIpc) is 2.17. The van der Waals surface area contributed by atoms with Gasteiger partial charge in [-0.1, -0.05) is 28.9 Å². The van der Waals surface area contributed by atoms with E-state index in [9.17, 15) is 4.91 Å². The molecule has 1 aromatic carbocycles. The van der Waals surface area contributed by atoms with Crippen LogP contribution in [0.2, 0.25) is 0 Å². The lowest BCUT2D eigenvalue weighted by Crippen LogP contribution is -2.07. The fourth-order valence-electron chi connectivity index (χ4n) is 2.00. The minimum absolute atomic E-state index is 0.0938. The first kappa shape index (κ1) is 8.42. The van der Waals surface area contributed by atoms with Gasteiger partial charge < -0.3 is 0 Å². The third-order valence-corrected chi connectivity index (χ3v) is 2.71. The number of nitrogens with zero attached hydrogens (tertiary/aromatic N) is 1. The molecular formula is C11H13NO. The van der Waals surface area contributed by atoms with E-state index in [2.05, 4.69) is 30.3 Å². The summed E-state index contributed by atoms with van der Waals surface area (Å²) < 4.78 is 0. The zero-order valence-corrected chi connectivity index (χ0v) is 7.79. The Morgan fingerprint density at radius 3 is 3.08 bits per heavy atom. The molecule has 0 radical (unpaired) electrons. The first-order chi connectivity index (χ1) is 6.31. The molecule has 2 heteroatoms. The third kappa shape index (κ3) is 1.48. The molecular weight excluding hydrogens is 162 g/mol. The first-order valence-electron chi connectivity index (χ1n) is 4.73. The second kappa shape index (κ2) is 3.29. The van der Waals surface area contributed by atoms with Crippen molar-refractivity contribution >= 4 is 0 Å². The van der Waals surface area contributed by atoms with Gasteiger partial charge >= 0.3 is 0 Å². The molecule has 0 heterocycles. The second-order valence-electron chi connectivity index (χ2n) is 3.72. The molecule has 1 aliphatic carbocycles. The highest BCUT2D eigenvalue weighted by Crippen LogP contribution is 2.32. The van der Waals surface area contributed by atoms with E-state index < -0.39 is 0 Å². The summed E-state index contributed by atoms with van der Waals surface area (Å²) >= 11 is 0. The maximum Gasteiger partial charge on any atom is 0.117 e. The lowest BCUT2D eigenvalue weighted by atomic mass is 9.87. The van der Waals surface area contributed by atoms with E-state index in [1.165, 1.54) is 11.1 Å². The Balaban J connectivity index is 2.47. The van der Waals surface area contributed by atoms with Crippen molar-refractivity contribution in [3.05, 3.63) is 39.8 Å². The molecule has 1 aromatic rings. The Morgan fingerprint density at radius 2 is 2.31 bits per heavy atom. The van der Waals surface area contributed by atoms with Gasteiger partial charge in [0.05, 0.1) is 0 Å². The Hall–Kier alpha value is -1.18. The number of rotatable bonds is 1. The molecule has 0 spiro atoms. The number of benzene rings is 1. The maximum atomic E-state index is 10.6. The van der Waals surface area contributed by atoms with Crippen molar-refractivity contribution in [2.45, 2.75) is 32.2 Å².